The van der Waals surface area contributed by atoms with Crippen LogP contribution in [0.1, 0.15) is 31.3 Å². The minimum absolute atomic E-state index is 0.0297. The van der Waals surface area contributed by atoms with Crippen LogP contribution in [0.3, 0.4) is 0 Å². The summed E-state index contributed by atoms with van der Waals surface area (Å²) in [5.41, 5.74) is 1.00. The number of nitrogens with one attached hydrogen (secondary N) is 3. The van der Waals surface area contributed by atoms with Crippen LogP contribution < -0.4 is 5.32 Å². The Hall–Kier alpha value is -4.87. The average Bonchev–Trinajstić information content (AvgIpc) is 3.61. The Morgan fingerprint density at radius 2 is 1.68 bits per heavy atom. The van der Waals surface area contributed by atoms with Gasteiger partial charge in [0.25, 0.3) is 23.5 Å². The quantitative estimate of drug-likeness (QED) is 0.279. The second-order valence-electron chi connectivity index (χ2n) is 8.41. The highest BCUT2D eigenvalue weighted by atomic mass is 19.1. The van der Waals surface area contributed by atoms with Crippen LogP contribution >= 0.6 is 0 Å². The van der Waals surface area contributed by atoms with E-state index in [1.165, 1.54) is 24.2 Å². The van der Waals surface area contributed by atoms with Crippen LogP contribution in [-0.2, 0) is 4.79 Å². The molecule has 11 nitrogen and oxygen atoms in total. The van der Waals surface area contributed by atoms with Crippen molar-refractivity contribution < 1.29 is 23.6 Å². The van der Waals surface area contributed by atoms with Gasteiger partial charge < -0.3 is 20.1 Å². The van der Waals surface area contributed by atoms with Gasteiger partial charge in [0.15, 0.2) is 5.82 Å². The summed E-state index contributed by atoms with van der Waals surface area (Å²) in [6, 6.07) is 11.4. The molecule has 2 aromatic heterocycles. The van der Waals surface area contributed by atoms with Crippen LogP contribution in [-0.4, -0.2) is 86.7 Å². The molecule has 3 N–H and O–H groups in total. The topological polar surface area (TPSA) is 144 Å². The number of ketones is 1. The van der Waals surface area contributed by atoms with Crippen molar-refractivity contribution in [3.8, 4) is 11.4 Å². The van der Waals surface area contributed by atoms with Crippen molar-refractivity contribution in [1.82, 2.24) is 35.3 Å². The summed E-state index contributed by atoms with van der Waals surface area (Å²) < 4.78 is 14.9. The van der Waals surface area contributed by atoms with E-state index >= 15 is 0 Å². The first-order valence-corrected chi connectivity index (χ1v) is 11.5. The Kier molecular flexibility index (Phi) is 6.22. The van der Waals surface area contributed by atoms with Gasteiger partial charge in [-0.2, -0.15) is 5.10 Å². The van der Waals surface area contributed by atoms with Gasteiger partial charge in [-0.15, -0.1) is 0 Å². The molecule has 3 heterocycles. The van der Waals surface area contributed by atoms with Gasteiger partial charge in [0, 0.05) is 55.9 Å². The van der Waals surface area contributed by atoms with Crippen LogP contribution in [0.15, 0.2) is 48.7 Å². The van der Waals surface area contributed by atoms with Crippen molar-refractivity contribution in [2.45, 2.75) is 0 Å². The first-order chi connectivity index (χ1) is 17.9. The number of aromatic amines is 2. The van der Waals surface area contributed by atoms with Crippen molar-refractivity contribution >= 4 is 34.4 Å². The maximum atomic E-state index is 14.9. The molecule has 4 aromatic rings. The lowest BCUT2D eigenvalue weighted by Crippen LogP contribution is -2.52. The van der Waals surface area contributed by atoms with E-state index in [0.29, 0.717) is 11.1 Å². The molecule has 2 aromatic carbocycles. The number of hydrogen-bond acceptors (Lipinski definition) is 6. The summed E-state index contributed by atoms with van der Waals surface area (Å²) in [6.45, 7) is 0.909. The van der Waals surface area contributed by atoms with Crippen molar-refractivity contribution in [1.29, 1.82) is 0 Å². The Morgan fingerprint density at radius 3 is 2.38 bits per heavy atom. The second-order valence-corrected chi connectivity index (χ2v) is 8.41. The number of Topliss-reactive ketones (excluding diaryl/α,β-unsaturated/α-hetero) is 1. The van der Waals surface area contributed by atoms with Gasteiger partial charge >= 0.3 is 0 Å². The molecule has 0 radical (unpaired) electrons. The molecule has 1 fully saturated rings. The Balaban J connectivity index is 1.35. The molecule has 0 aliphatic carbocycles. The summed E-state index contributed by atoms with van der Waals surface area (Å²) in [6.07, 6.45) is 1.28. The smallest absolute Gasteiger partial charge is 0.295 e. The van der Waals surface area contributed by atoms with E-state index in [4.69, 9.17) is 0 Å². The number of carbonyl (C=O) groups is 4. The number of piperazine rings is 1. The number of aromatic nitrogens is 4. The molecule has 5 rings (SSSR count). The number of hydrogen-bond donors (Lipinski definition) is 3. The molecule has 0 bridgehead atoms. The molecular weight excluding hydrogens is 481 g/mol. The Morgan fingerprint density at radius 1 is 0.973 bits per heavy atom. The van der Waals surface area contributed by atoms with E-state index in [9.17, 15) is 23.6 Å². The number of nitrogens with zero attached hydrogens (tertiary/aromatic N) is 4. The van der Waals surface area contributed by atoms with E-state index in [1.807, 2.05) is 6.07 Å². The summed E-state index contributed by atoms with van der Waals surface area (Å²) >= 11 is 0. The van der Waals surface area contributed by atoms with Gasteiger partial charge in [0.1, 0.15) is 5.82 Å². The molecule has 1 aliphatic heterocycles. The molecular formula is C25H22FN7O4. The van der Waals surface area contributed by atoms with Crippen LogP contribution in [0.2, 0.25) is 0 Å². The molecule has 37 heavy (non-hydrogen) atoms. The van der Waals surface area contributed by atoms with E-state index in [-0.39, 0.29) is 60.2 Å². The average molecular weight is 503 g/mol. The van der Waals surface area contributed by atoms with Crippen molar-refractivity contribution in [3.05, 3.63) is 71.4 Å². The molecule has 0 saturated carbocycles. The zero-order valence-corrected chi connectivity index (χ0v) is 19.7. The first kappa shape index (κ1) is 23.9. The molecule has 3 amide bonds. The number of halogens is 1. The second kappa shape index (κ2) is 9.64. The minimum Gasteiger partial charge on any atom is -0.360 e. The van der Waals surface area contributed by atoms with Gasteiger partial charge in [-0.1, -0.05) is 18.2 Å². The summed E-state index contributed by atoms with van der Waals surface area (Å²) in [5, 5.41) is 8.87. The monoisotopic (exact) mass is 503 g/mol. The van der Waals surface area contributed by atoms with Crippen molar-refractivity contribution in [2.24, 2.45) is 0 Å². The lowest BCUT2D eigenvalue weighted by atomic mass is 10.0. The highest BCUT2D eigenvalue weighted by molar-refractivity contribution is 6.45. The predicted molar refractivity (Wildman–Crippen MR) is 130 cm³/mol. The highest BCUT2D eigenvalue weighted by Gasteiger charge is 2.31. The summed E-state index contributed by atoms with van der Waals surface area (Å²) in [5.74, 6) is -2.87. The largest absolute Gasteiger partial charge is 0.360 e. The number of fused-ring (bicyclic) bond motifs is 1. The van der Waals surface area contributed by atoms with Gasteiger partial charge in [-0.3, -0.25) is 24.3 Å². The van der Waals surface area contributed by atoms with Gasteiger partial charge in [0.05, 0.1) is 11.1 Å². The molecule has 12 heteroatoms. The van der Waals surface area contributed by atoms with Crippen LogP contribution in [0, 0.1) is 5.82 Å². The summed E-state index contributed by atoms with van der Waals surface area (Å²) in [7, 11) is 1.45. The zero-order chi connectivity index (χ0) is 26.1. The highest BCUT2D eigenvalue weighted by Crippen LogP contribution is 2.30. The zero-order valence-electron chi connectivity index (χ0n) is 19.7. The third kappa shape index (κ3) is 4.33. The SMILES string of the molecule is CNC(=O)c1nc(-c2ccc(F)c3c(C(=O)C(=O)N4CCN(C(=O)c5ccccc5)CC4)c[nH]c23)n[nH]1. The minimum atomic E-state index is -0.869. The van der Waals surface area contributed by atoms with Crippen LogP contribution in [0.5, 0.6) is 0 Å². The number of amides is 3. The standard InChI is InChI=1S/C25H22FN7O4/c1-27-23(35)22-29-21(30-31-22)15-7-8-17(26)18-16(13-28-19(15)18)20(34)25(37)33-11-9-32(10-12-33)24(36)14-5-3-2-4-6-14/h2-8,13,28H,9-12H2,1H3,(H,27,35)(H,29,30,31). The lowest BCUT2D eigenvalue weighted by Gasteiger charge is -2.34. The van der Waals surface area contributed by atoms with E-state index in [2.05, 4.69) is 25.5 Å². The Bertz CT molecular complexity index is 1520. The Labute approximate surface area is 209 Å². The fourth-order valence-corrected chi connectivity index (χ4v) is 4.31. The number of H-pyrrole nitrogens is 2. The number of carbonyl (C=O) groups excluding carboxylic acids is 4. The molecule has 0 atom stereocenters. The third-order valence-electron chi connectivity index (χ3n) is 6.27. The summed E-state index contributed by atoms with van der Waals surface area (Å²) in [4.78, 5) is 60.6. The number of benzene rings is 2. The lowest BCUT2D eigenvalue weighted by molar-refractivity contribution is -0.127. The first-order valence-electron chi connectivity index (χ1n) is 11.5. The van der Waals surface area contributed by atoms with Gasteiger partial charge in [0.2, 0.25) is 5.82 Å². The molecule has 1 aliphatic rings. The maximum Gasteiger partial charge on any atom is 0.295 e. The van der Waals surface area contributed by atoms with Crippen LogP contribution in [0.25, 0.3) is 22.3 Å². The normalized spacial score (nSPS) is 13.6. The third-order valence-corrected chi connectivity index (χ3v) is 6.27. The van der Waals surface area contributed by atoms with Gasteiger partial charge in [-0.05, 0) is 24.3 Å². The fraction of sp³-hybridized carbons (Fsp3) is 0.200. The van der Waals surface area contributed by atoms with Crippen molar-refractivity contribution in [2.75, 3.05) is 33.2 Å². The molecule has 0 unspecified atom stereocenters. The maximum absolute atomic E-state index is 14.9. The van der Waals surface area contributed by atoms with E-state index in [0.717, 1.165) is 6.07 Å². The number of rotatable bonds is 5. The van der Waals surface area contributed by atoms with Gasteiger partial charge in [-0.25, -0.2) is 9.37 Å². The fourth-order valence-electron chi connectivity index (χ4n) is 4.31. The molecule has 0 spiro atoms. The van der Waals surface area contributed by atoms with E-state index < -0.39 is 23.4 Å². The van der Waals surface area contributed by atoms with E-state index in [1.54, 1.807) is 29.2 Å². The molecule has 188 valence electrons. The predicted octanol–water partition coefficient (Wildman–Crippen LogP) is 1.62. The molecule has 1 saturated heterocycles. The van der Waals surface area contributed by atoms with Crippen molar-refractivity contribution in [3.63, 3.8) is 0 Å². The van der Waals surface area contributed by atoms with Crippen LogP contribution in [0.4, 0.5) is 4.39 Å².